The summed E-state index contributed by atoms with van der Waals surface area (Å²) >= 11 is 0.562. The lowest BCUT2D eigenvalue weighted by molar-refractivity contribution is -0.138. The van der Waals surface area contributed by atoms with Gasteiger partial charge in [0.1, 0.15) is 0 Å². The van der Waals surface area contributed by atoms with Crippen LogP contribution >= 0.6 is 11.3 Å². The van der Waals surface area contributed by atoms with E-state index in [4.69, 9.17) is 5.73 Å². The van der Waals surface area contributed by atoms with Crippen LogP contribution in [0.4, 0.5) is 18.3 Å². The monoisotopic (exact) mass is 282 g/mol. The van der Waals surface area contributed by atoms with E-state index in [0.717, 1.165) is 0 Å². The van der Waals surface area contributed by atoms with Crippen LogP contribution in [-0.2, 0) is 6.18 Å². The van der Waals surface area contributed by atoms with Crippen molar-refractivity contribution in [3.8, 4) is 0 Å². The van der Waals surface area contributed by atoms with E-state index in [9.17, 15) is 13.2 Å². The highest BCUT2D eigenvalue weighted by Gasteiger charge is 2.36. The molecule has 0 radical (unpaired) electrons. The van der Waals surface area contributed by atoms with E-state index < -0.39 is 11.2 Å². The summed E-state index contributed by atoms with van der Waals surface area (Å²) in [6, 6.07) is 0. The van der Waals surface area contributed by atoms with Crippen LogP contribution < -0.4 is 10.6 Å². The molecule has 8 heteroatoms. The van der Waals surface area contributed by atoms with Crippen molar-refractivity contribution in [2.45, 2.75) is 26.9 Å². The lowest BCUT2D eigenvalue weighted by Gasteiger charge is -2.30. The molecule has 4 nitrogen and oxygen atoms in total. The summed E-state index contributed by atoms with van der Waals surface area (Å²) < 4.78 is 37.3. The molecular formula is C10H17F3N4S. The summed E-state index contributed by atoms with van der Waals surface area (Å²) in [5, 5.41) is 6.16. The van der Waals surface area contributed by atoms with Crippen molar-refractivity contribution >= 4 is 16.5 Å². The molecule has 0 bridgehead atoms. The highest BCUT2D eigenvalue weighted by molar-refractivity contribution is 7.15. The van der Waals surface area contributed by atoms with E-state index in [1.54, 1.807) is 4.90 Å². The number of rotatable bonds is 5. The lowest BCUT2D eigenvalue weighted by atomic mass is 9.93. The Morgan fingerprint density at radius 1 is 1.28 bits per heavy atom. The van der Waals surface area contributed by atoms with Crippen molar-refractivity contribution < 1.29 is 13.2 Å². The number of nitrogens with two attached hydrogens (primary N) is 1. The van der Waals surface area contributed by atoms with Gasteiger partial charge in [0.15, 0.2) is 0 Å². The van der Waals surface area contributed by atoms with E-state index in [0.29, 0.717) is 31.0 Å². The molecule has 0 aromatic carbocycles. The zero-order valence-electron chi connectivity index (χ0n) is 10.6. The maximum Gasteiger partial charge on any atom is 0.445 e. The van der Waals surface area contributed by atoms with Gasteiger partial charge in [-0.2, -0.15) is 13.2 Å². The van der Waals surface area contributed by atoms with Gasteiger partial charge in [-0.15, -0.1) is 10.2 Å². The van der Waals surface area contributed by atoms with Crippen molar-refractivity contribution in [1.82, 2.24) is 10.2 Å². The highest BCUT2D eigenvalue weighted by atomic mass is 32.1. The van der Waals surface area contributed by atoms with Gasteiger partial charge in [0.25, 0.3) is 0 Å². The quantitative estimate of drug-likeness (QED) is 0.901. The Bertz CT molecular complexity index is 389. The summed E-state index contributed by atoms with van der Waals surface area (Å²) in [7, 11) is 0. The van der Waals surface area contributed by atoms with E-state index in [2.05, 4.69) is 10.2 Å². The van der Waals surface area contributed by atoms with Gasteiger partial charge in [-0.1, -0.05) is 25.2 Å². The average Bonchev–Trinajstić information content (AvgIpc) is 2.74. The summed E-state index contributed by atoms with van der Waals surface area (Å²) in [6.45, 7) is 7.35. The highest BCUT2D eigenvalue weighted by Crippen LogP contribution is 2.34. The van der Waals surface area contributed by atoms with Gasteiger partial charge in [0.05, 0.1) is 0 Å². The maximum atomic E-state index is 12.4. The lowest BCUT2D eigenvalue weighted by Crippen LogP contribution is -2.38. The maximum absolute atomic E-state index is 12.4. The molecule has 0 aliphatic rings. The van der Waals surface area contributed by atoms with E-state index in [-0.39, 0.29) is 10.5 Å². The van der Waals surface area contributed by atoms with Gasteiger partial charge in [-0.25, -0.2) is 0 Å². The smallest absolute Gasteiger partial charge is 0.346 e. The Morgan fingerprint density at radius 2 is 1.89 bits per heavy atom. The summed E-state index contributed by atoms with van der Waals surface area (Å²) in [4.78, 5) is 1.76. The van der Waals surface area contributed by atoms with Crippen LogP contribution in [0.15, 0.2) is 0 Å². The van der Waals surface area contributed by atoms with Crippen molar-refractivity contribution in [2.24, 2.45) is 11.1 Å². The second-order valence-electron chi connectivity index (χ2n) is 4.77. The molecule has 0 fully saturated rings. The first-order valence-electron chi connectivity index (χ1n) is 5.55. The topological polar surface area (TPSA) is 55.0 Å². The standard InChI is InChI=1S/C10H17F3N4S/c1-4-17(6-9(2,3)5-14)8-16-15-7(18-8)10(11,12)13/h4-6,14H2,1-3H3. The summed E-state index contributed by atoms with van der Waals surface area (Å²) in [5.41, 5.74) is 5.44. The Morgan fingerprint density at radius 3 is 2.28 bits per heavy atom. The first-order chi connectivity index (χ1) is 8.19. The predicted octanol–water partition coefficient (Wildman–Crippen LogP) is 2.37. The molecule has 1 rings (SSSR count). The molecule has 0 atom stereocenters. The Kier molecular flexibility index (Phi) is 4.55. The summed E-state index contributed by atoms with van der Waals surface area (Å²) in [5.74, 6) is 0. The van der Waals surface area contributed by atoms with Crippen LogP contribution in [0.1, 0.15) is 25.8 Å². The van der Waals surface area contributed by atoms with Gasteiger partial charge < -0.3 is 10.6 Å². The number of halogens is 3. The minimum Gasteiger partial charge on any atom is -0.346 e. The Hall–Kier alpha value is -0.890. The van der Waals surface area contributed by atoms with Gasteiger partial charge in [-0.3, -0.25) is 0 Å². The predicted molar refractivity (Wildman–Crippen MR) is 65.6 cm³/mol. The summed E-state index contributed by atoms with van der Waals surface area (Å²) in [6.07, 6.45) is -4.43. The van der Waals surface area contributed by atoms with Crippen LogP contribution in [-0.4, -0.2) is 29.8 Å². The molecule has 1 heterocycles. The second-order valence-corrected chi connectivity index (χ2v) is 5.73. The van der Waals surface area contributed by atoms with Gasteiger partial charge in [0, 0.05) is 13.1 Å². The van der Waals surface area contributed by atoms with Crippen LogP contribution in [0.3, 0.4) is 0 Å². The van der Waals surface area contributed by atoms with Gasteiger partial charge in [-0.05, 0) is 18.9 Å². The fourth-order valence-electron chi connectivity index (χ4n) is 1.35. The zero-order valence-corrected chi connectivity index (χ0v) is 11.4. The van der Waals surface area contributed by atoms with Gasteiger partial charge in [0.2, 0.25) is 10.1 Å². The first-order valence-corrected chi connectivity index (χ1v) is 6.37. The molecule has 18 heavy (non-hydrogen) atoms. The third-order valence-corrected chi connectivity index (χ3v) is 3.51. The van der Waals surface area contributed by atoms with Crippen LogP contribution in [0.5, 0.6) is 0 Å². The van der Waals surface area contributed by atoms with E-state index >= 15 is 0 Å². The number of anilines is 1. The number of alkyl halides is 3. The average molecular weight is 282 g/mol. The molecule has 0 aliphatic carbocycles. The number of nitrogens with zero attached hydrogens (tertiary/aromatic N) is 3. The van der Waals surface area contributed by atoms with Crippen LogP contribution in [0.2, 0.25) is 0 Å². The van der Waals surface area contributed by atoms with Crippen molar-refractivity contribution in [3.63, 3.8) is 0 Å². The fraction of sp³-hybridized carbons (Fsp3) is 0.800. The normalized spacial score (nSPS) is 12.8. The van der Waals surface area contributed by atoms with E-state index in [1.165, 1.54) is 0 Å². The SMILES string of the molecule is CCN(CC(C)(C)CN)c1nnc(C(F)(F)F)s1. The molecule has 2 N–H and O–H groups in total. The molecular weight excluding hydrogens is 265 g/mol. The molecule has 0 spiro atoms. The number of hydrogen-bond acceptors (Lipinski definition) is 5. The number of hydrogen-bond donors (Lipinski definition) is 1. The van der Waals surface area contributed by atoms with Crippen molar-refractivity contribution in [2.75, 3.05) is 24.5 Å². The Labute approximate surface area is 108 Å². The van der Waals surface area contributed by atoms with Crippen LogP contribution in [0, 0.1) is 5.41 Å². The molecule has 104 valence electrons. The molecule has 0 aliphatic heterocycles. The van der Waals surface area contributed by atoms with E-state index in [1.807, 2.05) is 20.8 Å². The van der Waals surface area contributed by atoms with Gasteiger partial charge >= 0.3 is 6.18 Å². The third kappa shape index (κ3) is 3.81. The third-order valence-electron chi connectivity index (χ3n) is 2.48. The molecule has 0 amide bonds. The van der Waals surface area contributed by atoms with Crippen molar-refractivity contribution in [1.29, 1.82) is 0 Å². The molecule has 0 unspecified atom stereocenters. The van der Waals surface area contributed by atoms with Crippen LogP contribution in [0.25, 0.3) is 0 Å². The zero-order chi connectivity index (χ0) is 14.0. The first kappa shape index (κ1) is 15.2. The second kappa shape index (κ2) is 5.40. The minimum absolute atomic E-state index is 0.180. The molecule has 0 saturated heterocycles. The van der Waals surface area contributed by atoms with Crippen molar-refractivity contribution in [3.05, 3.63) is 5.01 Å². The molecule has 1 aromatic rings. The minimum atomic E-state index is -4.43. The molecule has 1 aromatic heterocycles. The fourth-order valence-corrected chi connectivity index (χ4v) is 2.13. The Balaban J connectivity index is 2.87. The largest absolute Gasteiger partial charge is 0.445 e. The molecule has 0 saturated carbocycles. The number of aromatic nitrogens is 2.